The molecule has 1 N–H and O–H groups in total. The maximum absolute atomic E-state index is 3.58. The highest BCUT2D eigenvalue weighted by molar-refractivity contribution is 14.1. The lowest BCUT2D eigenvalue weighted by atomic mass is 9.98. The minimum Gasteiger partial charge on any atom is -0.354 e. The molecule has 0 unspecified atom stereocenters. The van der Waals surface area contributed by atoms with Crippen LogP contribution in [0.25, 0.3) is 133 Å². The molecule has 0 saturated carbocycles. The molecule has 0 spiro atoms. The fraction of sp³-hybridized carbons (Fsp3) is 0.0233. The van der Waals surface area contributed by atoms with Crippen LogP contribution >= 0.6 is 45.2 Å². The summed E-state index contributed by atoms with van der Waals surface area (Å²) in [6.45, 7) is 0. The maximum Gasteiger partial charge on any atom is 0.0619 e. The summed E-state index contributed by atoms with van der Waals surface area (Å²) in [5, 5.41) is 3.75. The Bertz CT molecular complexity index is 4760. The molecule has 16 rings (SSSR count). The molecule has 0 fully saturated rings. The van der Waals surface area contributed by atoms with E-state index in [2.05, 4.69) is 405 Å². The van der Waals surface area contributed by atoms with Crippen molar-refractivity contribution in [2.45, 2.75) is 14.9 Å². The molecule has 0 atom stereocenters. The second-order valence-corrected chi connectivity index (χ2v) is 24.4. The number of rotatable bonds is 10. The van der Waals surface area contributed by atoms with E-state index in [-0.39, 0.29) is 14.9 Å². The standard InChI is InChI=1S/C52H36N2.C20H15N.C12H8I2.2CH4/c1-5-17-39(18-6-1)49-45-25-13-15-27-47(45)53(51(49)41-21-9-3-10-22-41)43-33-29-37(30-34-43)38-31-35-44(36-32-38)54-48-28-16-14-26-46(48)50(40-19-7-2-8-20-40)52(54)42-23-11-4-12-24-42;1-3-9-15(10-4-1)19-17-13-7-8-14-18(17)21-20(19)16-11-5-2-6-12-16;13-11-5-1-9(2-6-11)10-3-7-12(14)8-4-10;;/h1-36H;1-14,21H;1-8H;2*1H4. The predicted molar refractivity (Wildman–Crippen MR) is 407 cm³/mol. The van der Waals surface area contributed by atoms with Gasteiger partial charge in [0.05, 0.1) is 28.1 Å². The van der Waals surface area contributed by atoms with Gasteiger partial charge in [-0.05, 0) is 168 Å². The van der Waals surface area contributed by atoms with Gasteiger partial charge >= 0.3 is 0 Å². The van der Waals surface area contributed by atoms with Gasteiger partial charge < -0.3 is 14.1 Å². The number of halogens is 2. The van der Waals surface area contributed by atoms with Crippen molar-refractivity contribution in [3.05, 3.63) is 359 Å². The van der Waals surface area contributed by atoms with Crippen molar-refractivity contribution in [2.75, 3.05) is 0 Å². The smallest absolute Gasteiger partial charge is 0.0619 e. The van der Waals surface area contributed by atoms with Gasteiger partial charge in [0.2, 0.25) is 0 Å². The molecule has 0 bridgehead atoms. The molecular weight excluding hydrogens is 1330 g/mol. The number of para-hydroxylation sites is 3. The first-order chi connectivity index (χ1) is 44.0. The zero-order valence-corrected chi connectivity index (χ0v) is 53.0. The van der Waals surface area contributed by atoms with Gasteiger partial charge in [0, 0.05) is 56.9 Å². The summed E-state index contributed by atoms with van der Waals surface area (Å²) in [4.78, 5) is 3.58. The molecule has 0 aliphatic carbocycles. The first-order valence-electron chi connectivity index (χ1n) is 30.0. The molecule has 5 heteroatoms. The van der Waals surface area contributed by atoms with Crippen LogP contribution in [0.1, 0.15) is 14.9 Å². The van der Waals surface area contributed by atoms with Crippen LogP contribution in [0.4, 0.5) is 0 Å². The molecule has 0 amide bonds. The zero-order valence-electron chi connectivity index (χ0n) is 48.6. The Morgan fingerprint density at radius 3 is 0.857 bits per heavy atom. The summed E-state index contributed by atoms with van der Waals surface area (Å²) in [6.07, 6.45) is 0. The largest absolute Gasteiger partial charge is 0.354 e. The quantitative estimate of drug-likeness (QED) is 0.132. The summed E-state index contributed by atoms with van der Waals surface area (Å²) in [7, 11) is 0. The molecule has 0 saturated heterocycles. The number of H-pyrrole nitrogens is 1. The van der Waals surface area contributed by atoms with Crippen molar-refractivity contribution in [2.24, 2.45) is 0 Å². The third-order valence-electron chi connectivity index (χ3n) is 16.4. The van der Waals surface area contributed by atoms with Gasteiger partial charge in [0.1, 0.15) is 0 Å². The topological polar surface area (TPSA) is 25.6 Å². The van der Waals surface area contributed by atoms with Gasteiger partial charge in [-0.3, -0.25) is 0 Å². The average molecular weight is 1400 g/mol. The minimum atomic E-state index is 0. The Hall–Kier alpha value is -10.1. The fourth-order valence-corrected chi connectivity index (χ4v) is 13.0. The SMILES string of the molecule is C.C.Ic1ccc(-c2ccc(I)cc2)cc1.c1ccc(-c2[nH]c3ccccc3c2-c2ccccc2)cc1.c1ccc(-c2c(-c3ccccc3)n(-c3ccc(-c4ccc(-n5c(-c6ccccc6)c(-c6ccccc6)c6ccccc65)cc4)cc3)c3ccccc23)cc1. The third kappa shape index (κ3) is 12.8. The predicted octanol–water partition coefficient (Wildman–Crippen LogP) is 25.2. The third-order valence-corrected chi connectivity index (χ3v) is 17.8. The number of aromatic nitrogens is 3. The van der Waals surface area contributed by atoms with Crippen LogP contribution in [-0.2, 0) is 0 Å². The summed E-state index contributed by atoms with van der Waals surface area (Å²) in [6, 6.07) is 125. The van der Waals surface area contributed by atoms with E-state index in [9.17, 15) is 0 Å². The highest BCUT2D eigenvalue weighted by Crippen LogP contribution is 2.45. The van der Waals surface area contributed by atoms with Gasteiger partial charge in [-0.1, -0.05) is 300 Å². The number of nitrogens with zero attached hydrogens (tertiary/aromatic N) is 2. The van der Waals surface area contributed by atoms with E-state index >= 15 is 0 Å². The van der Waals surface area contributed by atoms with Crippen LogP contribution in [0.3, 0.4) is 0 Å². The van der Waals surface area contributed by atoms with Crippen molar-refractivity contribution in [1.29, 1.82) is 0 Å². The molecule has 0 aliphatic rings. The van der Waals surface area contributed by atoms with E-state index in [1.165, 1.54) is 129 Å². The molecule has 0 aliphatic heterocycles. The van der Waals surface area contributed by atoms with Crippen molar-refractivity contribution in [1.82, 2.24) is 14.1 Å². The summed E-state index contributed by atoms with van der Waals surface area (Å²) < 4.78 is 7.40. The highest BCUT2D eigenvalue weighted by atomic mass is 127. The lowest BCUT2D eigenvalue weighted by Gasteiger charge is -2.15. The van der Waals surface area contributed by atoms with Crippen molar-refractivity contribution in [3.63, 3.8) is 0 Å². The molecule has 0 radical (unpaired) electrons. The van der Waals surface area contributed by atoms with E-state index in [0.29, 0.717) is 0 Å². The first-order valence-corrected chi connectivity index (χ1v) is 32.1. The van der Waals surface area contributed by atoms with Crippen molar-refractivity contribution >= 4 is 77.9 Å². The van der Waals surface area contributed by atoms with Crippen LogP contribution in [0.15, 0.2) is 352 Å². The Kier molecular flexibility index (Phi) is 19.0. The molecule has 440 valence electrons. The normalized spacial score (nSPS) is 10.8. The lowest BCUT2D eigenvalue weighted by molar-refractivity contribution is 1.13. The molecule has 13 aromatic carbocycles. The molecular formula is C86H67I2N3. The van der Waals surface area contributed by atoms with Crippen LogP contribution in [0.2, 0.25) is 0 Å². The number of nitrogens with one attached hydrogen (secondary N) is 1. The highest BCUT2D eigenvalue weighted by Gasteiger charge is 2.23. The second kappa shape index (κ2) is 28.2. The summed E-state index contributed by atoms with van der Waals surface area (Å²) in [5.41, 5.74) is 25.4. The number of benzene rings is 13. The Labute approximate surface area is 561 Å². The van der Waals surface area contributed by atoms with Gasteiger partial charge in [-0.15, -0.1) is 0 Å². The number of hydrogen-bond donors (Lipinski definition) is 1. The second-order valence-electron chi connectivity index (χ2n) is 21.9. The number of hydrogen-bond acceptors (Lipinski definition) is 0. The van der Waals surface area contributed by atoms with Crippen LogP contribution < -0.4 is 0 Å². The van der Waals surface area contributed by atoms with E-state index in [4.69, 9.17) is 0 Å². The average Bonchev–Trinajstić information content (AvgIpc) is 1.64. The molecule has 3 heterocycles. The molecule has 3 aromatic heterocycles. The fourth-order valence-electron chi connectivity index (χ4n) is 12.3. The van der Waals surface area contributed by atoms with E-state index in [1.807, 2.05) is 6.07 Å². The van der Waals surface area contributed by atoms with E-state index in [0.717, 1.165) is 11.4 Å². The van der Waals surface area contributed by atoms with Crippen molar-refractivity contribution in [3.8, 4) is 101 Å². The van der Waals surface area contributed by atoms with Gasteiger partial charge in [-0.25, -0.2) is 0 Å². The van der Waals surface area contributed by atoms with Crippen molar-refractivity contribution < 1.29 is 0 Å². The van der Waals surface area contributed by atoms with Crippen LogP contribution in [-0.4, -0.2) is 14.1 Å². The Balaban J connectivity index is 0.000000176. The van der Waals surface area contributed by atoms with E-state index < -0.39 is 0 Å². The number of aromatic amines is 1. The van der Waals surface area contributed by atoms with Gasteiger partial charge in [-0.2, -0.15) is 0 Å². The zero-order chi connectivity index (χ0) is 59.9. The van der Waals surface area contributed by atoms with E-state index in [1.54, 1.807) is 0 Å². The summed E-state index contributed by atoms with van der Waals surface area (Å²) >= 11 is 4.64. The molecule has 91 heavy (non-hydrogen) atoms. The number of fused-ring (bicyclic) bond motifs is 3. The Morgan fingerprint density at radius 2 is 0.495 bits per heavy atom. The molecule has 3 nitrogen and oxygen atoms in total. The van der Waals surface area contributed by atoms with Gasteiger partial charge in [0.15, 0.2) is 0 Å². The van der Waals surface area contributed by atoms with Crippen LogP contribution in [0.5, 0.6) is 0 Å². The molecule has 16 aromatic rings. The summed E-state index contributed by atoms with van der Waals surface area (Å²) in [5.74, 6) is 0. The first kappa shape index (κ1) is 61.2. The van der Waals surface area contributed by atoms with Gasteiger partial charge in [0.25, 0.3) is 0 Å². The van der Waals surface area contributed by atoms with Crippen LogP contribution in [0, 0.1) is 7.14 Å². The monoisotopic (exact) mass is 1400 g/mol. The lowest BCUT2D eigenvalue weighted by Crippen LogP contribution is -1.98. The Morgan fingerprint density at radius 1 is 0.220 bits per heavy atom. The minimum absolute atomic E-state index is 0. The maximum atomic E-state index is 3.58.